The van der Waals surface area contributed by atoms with Crippen molar-refractivity contribution in [1.29, 1.82) is 0 Å². The van der Waals surface area contributed by atoms with E-state index >= 15 is 0 Å². The van der Waals surface area contributed by atoms with Crippen LogP contribution < -0.4 is 4.90 Å². The predicted molar refractivity (Wildman–Crippen MR) is 71.3 cm³/mol. The van der Waals surface area contributed by atoms with Crippen LogP contribution in [0, 0.1) is 10.1 Å². The lowest BCUT2D eigenvalue weighted by Crippen LogP contribution is -2.37. The first kappa shape index (κ1) is 14.3. The molecule has 20 heavy (non-hydrogen) atoms. The molecule has 0 bridgehead atoms. The molecule has 0 saturated carbocycles. The molecule has 108 valence electrons. The van der Waals surface area contributed by atoms with Gasteiger partial charge in [-0.25, -0.2) is 4.84 Å². The molecule has 1 aliphatic rings. The Labute approximate surface area is 116 Å². The van der Waals surface area contributed by atoms with Crippen LogP contribution >= 0.6 is 0 Å². The van der Waals surface area contributed by atoms with Crippen LogP contribution in [0.3, 0.4) is 0 Å². The molecule has 0 amide bonds. The lowest BCUT2D eigenvalue weighted by Gasteiger charge is -2.30. The van der Waals surface area contributed by atoms with E-state index in [1.165, 1.54) is 0 Å². The molecule has 0 spiro atoms. The number of hydrogen-bond acceptors (Lipinski definition) is 6. The van der Waals surface area contributed by atoms with Crippen LogP contribution in [0.25, 0.3) is 0 Å². The average molecular weight is 280 g/mol. The molecule has 0 aliphatic carbocycles. The van der Waals surface area contributed by atoms with E-state index in [2.05, 4.69) is 4.84 Å². The van der Waals surface area contributed by atoms with Gasteiger partial charge < -0.3 is 9.64 Å². The van der Waals surface area contributed by atoms with Crippen molar-refractivity contribution >= 4 is 11.7 Å². The summed E-state index contributed by atoms with van der Waals surface area (Å²) in [5, 5.41) is 9.24. The molecule has 0 unspecified atom stereocenters. The maximum absolute atomic E-state index is 11.8. The van der Waals surface area contributed by atoms with Crippen molar-refractivity contribution in [3.05, 3.63) is 39.4 Å². The average Bonchev–Trinajstić information content (AvgIpc) is 2.46. The van der Waals surface area contributed by atoms with Gasteiger partial charge >= 0.3 is 11.1 Å². The molecule has 1 aromatic carbocycles. The number of anilines is 1. The zero-order chi connectivity index (χ0) is 14.5. The van der Waals surface area contributed by atoms with E-state index in [1.807, 2.05) is 17.9 Å². The van der Waals surface area contributed by atoms with Crippen molar-refractivity contribution in [1.82, 2.24) is 0 Å². The molecule has 1 fully saturated rings. The van der Waals surface area contributed by atoms with E-state index in [0.29, 0.717) is 32.0 Å². The van der Waals surface area contributed by atoms with Crippen LogP contribution in [-0.4, -0.2) is 37.4 Å². The van der Waals surface area contributed by atoms with Gasteiger partial charge in [-0.05, 0) is 24.1 Å². The van der Waals surface area contributed by atoms with Crippen molar-refractivity contribution in [2.45, 2.75) is 13.3 Å². The van der Waals surface area contributed by atoms with Crippen molar-refractivity contribution in [2.75, 3.05) is 31.2 Å². The summed E-state index contributed by atoms with van der Waals surface area (Å²) >= 11 is 0. The number of aryl methyl sites for hydroxylation is 1. The highest BCUT2D eigenvalue weighted by molar-refractivity contribution is 5.95. The Morgan fingerprint density at radius 3 is 2.75 bits per heavy atom. The molecule has 0 N–H and O–H groups in total. The summed E-state index contributed by atoms with van der Waals surface area (Å²) in [5.74, 6) is -0.945. The number of ether oxygens (including phenoxy) is 1. The highest BCUT2D eigenvalue weighted by Crippen LogP contribution is 2.24. The third-order valence-corrected chi connectivity index (χ3v) is 3.20. The minimum absolute atomic E-state index is 0.209. The zero-order valence-corrected chi connectivity index (χ0v) is 11.2. The summed E-state index contributed by atoms with van der Waals surface area (Å²) < 4.78 is 5.28. The van der Waals surface area contributed by atoms with E-state index in [4.69, 9.17) is 4.74 Å². The van der Waals surface area contributed by atoms with Crippen LogP contribution in [0.15, 0.2) is 18.2 Å². The quantitative estimate of drug-likeness (QED) is 0.613. The van der Waals surface area contributed by atoms with E-state index in [0.717, 1.165) is 12.0 Å². The Balaban J connectivity index is 2.34. The SMILES string of the molecule is CCc1ccc(C(=O)O[N+](=O)[O-])c(N2CCOCC2)c1. The molecule has 7 nitrogen and oxygen atoms in total. The highest BCUT2D eigenvalue weighted by atomic mass is 17.0. The van der Waals surface area contributed by atoms with Crippen LogP contribution in [0.2, 0.25) is 0 Å². The molecule has 7 heteroatoms. The topological polar surface area (TPSA) is 81.9 Å². The van der Waals surface area contributed by atoms with Crippen LogP contribution in [0.4, 0.5) is 5.69 Å². The summed E-state index contributed by atoms with van der Waals surface area (Å²) in [5.41, 5.74) is 1.93. The summed E-state index contributed by atoms with van der Waals surface area (Å²) in [4.78, 5) is 28.2. The van der Waals surface area contributed by atoms with Gasteiger partial charge in [0.05, 0.1) is 24.5 Å². The molecule has 1 saturated heterocycles. The van der Waals surface area contributed by atoms with Gasteiger partial charge in [-0.3, -0.25) is 4.79 Å². The zero-order valence-electron chi connectivity index (χ0n) is 11.2. The summed E-state index contributed by atoms with van der Waals surface area (Å²) in [6.07, 6.45) is 0.821. The minimum Gasteiger partial charge on any atom is -0.378 e. The fourth-order valence-electron chi connectivity index (χ4n) is 2.15. The highest BCUT2D eigenvalue weighted by Gasteiger charge is 2.21. The fourth-order valence-corrected chi connectivity index (χ4v) is 2.15. The number of carbonyl (C=O) groups is 1. The fraction of sp³-hybridized carbons (Fsp3) is 0.462. The Kier molecular flexibility index (Phi) is 4.52. The molecular formula is C13H16N2O5. The minimum atomic E-state index is -1.08. The lowest BCUT2D eigenvalue weighted by atomic mass is 10.1. The van der Waals surface area contributed by atoms with Gasteiger partial charge in [0.1, 0.15) is 0 Å². The third kappa shape index (κ3) is 3.24. The van der Waals surface area contributed by atoms with Crippen molar-refractivity contribution < 1.29 is 19.5 Å². The summed E-state index contributed by atoms with van der Waals surface area (Å²) in [6, 6.07) is 5.23. The largest absolute Gasteiger partial charge is 0.378 e. The maximum Gasteiger partial charge on any atom is 0.336 e. The van der Waals surface area contributed by atoms with Crippen molar-refractivity contribution in [3.63, 3.8) is 0 Å². The molecule has 1 heterocycles. The molecule has 1 aromatic rings. The second-order valence-electron chi connectivity index (χ2n) is 4.41. The van der Waals surface area contributed by atoms with Crippen LogP contribution in [0.1, 0.15) is 22.8 Å². The van der Waals surface area contributed by atoms with E-state index in [9.17, 15) is 14.9 Å². The standard InChI is InChI=1S/C13H16N2O5/c1-2-10-3-4-11(13(16)20-15(17)18)12(9-10)14-5-7-19-8-6-14/h3-4,9H,2,5-8H2,1H3. The van der Waals surface area contributed by atoms with Crippen molar-refractivity contribution in [2.24, 2.45) is 0 Å². The summed E-state index contributed by atoms with van der Waals surface area (Å²) in [6.45, 7) is 4.44. The van der Waals surface area contributed by atoms with Gasteiger partial charge in [0.2, 0.25) is 0 Å². The van der Waals surface area contributed by atoms with Gasteiger partial charge in [0, 0.05) is 13.1 Å². The second-order valence-corrected chi connectivity index (χ2v) is 4.41. The van der Waals surface area contributed by atoms with Gasteiger partial charge in [-0.15, -0.1) is 10.1 Å². The molecule has 2 rings (SSSR count). The number of morpholine rings is 1. The van der Waals surface area contributed by atoms with E-state index in [-0.39, 0.29) is 5.56 Å². The predicted octanol–water partition coefficient (Wildman–Crippen LogP) is 1.43. The molecule has 0 aromatic heterocycles. The van der Waals surface area contributed by atoms with Gasteiger partial charge in [-0.1, -0.05) is 13.0 Å². The number of hydrogen-bond donors (Lipinski definition) is 0. The van der Waals surface area contributed by atoms with Crippen LogP contribution in [-0.2, 0) is 16.0 Å². The third-order valence-electron chi connectivity index (χ3n) is 3.20. The number of carbonyl (C=O) groups excluding carboxylic acids is 1. The number of rotatable bonds is 4. The maximum atomic E-state index is 11.8. The molecule has 0 radical (unpaired) electrons. The molecule has 1 aliphatic heterocycles. The first-order chi connectivity index (χ1) is 9.61. The van der Waals surface area contributed by atoms with Gasteiger partial charge in [0.15, 0.2) is 0 Å². The smallest absolute Gasteiger partial charge is 0.336 e. The number of nitrogens with zero attached hydrogens (tertiary/aromatic N) is 2. The lowest BCUT2D eigenvalue weighted by molar-refractivity contribution is -0.727. The number of benzene rings is 1. The van der Waals surface area contributed by atoms with E-state index in [1.54, 1.807) is 12.1 Å². The summed E-state index contributed by atoms with van der Waals surface area (Å²) in [7, 11) is 0. The molecular weight excluding hydrogens is 264 g/mol. The van der Waals surface area contributed by atoms with E-state index < -0.39 is 11.1 Å². The normalized spacial score (nSPS) is 14.9. The van der Waals surface area contributed by atoms with Gasteiger partial charge in [0.25, 0.3) is 0 Å². The van der Waals surface area contributed by atoms with Crippen molar-refractivity contribution in [3.8, 4) is 0 Å². The van der Waals surface area contributed by atoms with Gasteiger partial charge in [-0.2, -0.15) is 0 Å². The monoisotopic (exact) mass is 280 g/mol. The molecule has 0 atom stereocenters. The first-order valence-corrected chi connectivity index (χ1v) is 6.44. The Bertz CT molecular complexity index is 511. The second kappa shape index (κ2) is 6.33. The van der Waals surface area contributed by atoms with Crippen LogP contribution in [0.5, 0.6) is 0 Å². The Morgan fingerprint density at radius 1 is 1.45 bits per heavy atom. The Hall–Kier alpha value is -2.15. The first-order valence-electron chi connectivity index (χ1n) is 6.44. The Morgan fingerprint density at radius 2 is 2.15 bits per heavy atom.